The number of aliphatic hydroxyl groups is 1. The Bertz CT molecular complexity index is 878. The Balaban J connectivity index is 1.61. The van der Waals surface area contributed by atoms with Crippen molar-refractivity contribution in [2.24, 2.45) is 0 Å². The first-order valence-corrected chi connectivity index (χ1v) is 9.68. The molecule has 0 spiro atoms. The van der Waals surface area contributed by atoms with Gasteiger partial charge in [0.2, 0.25) is 0 Å². The van der Waals surface area contributed by atoms with E-state index in [0.29, 0.717) is 16.8 Å². The van der Waals surface area contributed by atoms with E-state index >= 15 is 0 Å². The van der Waals surface area contributed by atoms with E-state index in [1.54, 1.807) is 24.3 Å². The fraction of sp³-hybridized carbons (Fsp3) is 0.208. The zero-order chi connectivity index (χ0) is 19.4. The fourth-order valence-corrected chi connectivity index (χ4v) is 3.74. The summed E-state index contributed by atoms with van der Waals surface area (Å²) >= 11 is 0. The summed E-state index contributed by atoms with van der Waals surface area (Å²) < 4.78 is 0. The molecule has 2 N–H and O–H groups in total. The maximum Gasteiger partial charge on any atom is 0.265 e. The van der Waals surface area contributed by atoms with Gasteiger partial charge in [0.05, 0.1) is 0 Å². The number of rotatable bonds is 5. The van der Waals surface area contributed by atoms with Crippen LogP contribution in [0.25, 0.3) is 0 Å². The number of hydrogen-bond acceptors (Lipinski definition) is 3. The molecular weight excluding hydrogens is 348 g/mol. The van der Waals surface area contributed by atoms with E-state index < -0.39 is 11.5 Å². The predicted molar refractivity (Wildman–Crippen MR) is 112 cm³/mol. The number of nitrogens with one attached hydrogen (secondary N) is 1. The summed E-state index contributed by atoms with van der Waals surface area (Å²) in [6.45, 7) is 2.15. The highest BCUT2D eigenvalue weighted by molar-refractivity contribution is 6.00. The number of benzene rings is 3. The predicted octanol–water partition coefficient (Wildman–Crippen LogP) is 4.16. The molecule has 3 aromatic carbocycles. The molecule has 0 aromatic heterocycles. The van der Waals surface area contributed by atoms with Gasteiger partial charge in [-0.1, -0.05) is 60.7 Å². The van der Waals surface area contributed by atoms with Crippen molar-refractivity contribution in [2.45, 2.75) is 18.4 Å². The summed E-state index contributed by atoms with van der Waals surface area (Å²) in [6.07, 6.45) is 2.44. The van der Waals surface area contributed by atoms with Gasteiger partial charge in [-0.05, 0) is 48.2 Å². The molecule has 1 aliphatic heterocycles. The lowest BCUT2D eigenvalue weighted by atomic mass is 9.85. The van der Waals surface area contributed by atoms with Gasteiger partial charge in [0, 0.05) is 24.5 Å². The minimum absolute atomic E-state index is 0.473. The Kier molecular flexibility index (Phi) is 5.13. The Hall–Kier alpha value is -3.11. The molecule has 4 rings (SSSR count). The van der Waals surface area contributed by atoms with Crippen LogP contribution in [0.3, 0.4) is 0 Å². The zero-order valence-electron chi connectivity index (χ0n) is 15.7. The summed E-state index contributed by atoms with van der Waals surface area (Å²) in [5.74, 6) is -0.473. The average molecular weight is 372 g/mol. The first-order chi connectivity index (χ1) is 13.7. The van der Waals surface area contributed by atoms with E-state index in [4.69, 9.17) is 0 Å². The van der Waals surface area contributed by atoms with Crippen LogP contribution >= 0.6 is 0 Å². The number of anilines is 2. The van der Waals surface area contributed by atoms with Crippen molar-refractivity contribution in [3.05, 3.63) is 96.1 Å². The second kappa shape index (κ2) is 7.87. The molecular formula is C24H24N2O2. The Morgan fingerprint density at radius 3 is 1.79 bits per heavy atom. The Labute approximate surface area is 165 Å². The van der Waals surface area contributed by atoms with Gasteiger partial charge in [0.1, 0.15) is 0 Å². The monoisotopic (exact) mass is 372 g/mol. The third kappa shape index (κ3) is 3.51. The van der Waals surface area contributed by atoms with E-state index in [1.807, 2.05) is 60.7 Å². The van der Waals surface area contributed by atoms with Gasteiger partial charge in [-0.3, -0.25) is 4.79 Å². The molecule has 0 bridgehead atoms. The number of carbonyl (C=O) groups is 1. The van der Waals surface area contributed by atoms with E-state index in [9.17, 15) is 9.90 Å². The molecule has 4 heteroatoms. The maximum atomic E-state index is 13.2. The molecule has 3 aromatic rings. The quantitative estimate of drug-likeness (QED) is 0.707. The second-order valence-electron chi connectivity index (χ2n) is 7.14. The normalized spacial score (nSPS) is 14.1. The summed E-state index contributed by atoms with van der Waals surface area (Å²) in [5.41, 5.74) is 1.13. The highest BCUT2D eigenvalue weighted by Gasteiger charge is 2.39. The molecule has 0 saturated carbocycles. The maximum absolute atomic E-state index is 13.2. The van der Waals surface area contributed by atoms with Crippen LogP contribution in [0.5, 0.6) is 0 Å². The molecule has 0 atom stereocenters. The summed E-state index contributed by atoms with van der Waals surface area (Å²) in [4.78, 5) is 15.5. The van der Waals surface area contributed by atoms with Crippen molar-refractivity contribution >= 4 is 17.3 Å². The minimum atomic E-state index is -1.77. The van der Waals surface area contributed by atoms with Crippen molar-refractivity contribution in [2.75, 3.05) is 23.3 Å². The summed E-state index contributed by atoms with van der Waals surface area (Å²) in [6, 6.07) is 25.9. The summed E-state index contributed by atoms with van der Waals surface area (Å²) in [5, 5.41) is 14.4. The van der Waals surface area contributed by atoms with Gasteiger partial charge in [0.15, 0.2) is 5.60 Å². The first-order valence-electron chi connectivity index (χ1n) is 9.68. The topological polar surface area (TPSA) is 52.6 Å². The van der Waals surface area contributed by atoms with Gasteiger partial charge in [-0.15, -0.1) is 0 Å². The van der Waals surface area contributed by atoms with E-state index in [1.165, 1.54) is 12.8 Å². The molecule has 1 heterocycles. The standard InChI is InChI=1S/C24H24N2O2/c27-23(25-21-13-15-22(16-14-21)26-17-7-8-18-26)24(28,19-9-3-1-4-10-19)20-11-5-2-6-12-20/h1-6,9-16,28H,7-8,17-18H2,(H,25,27). The number of carbonyl (C=O) groups excluding carboxylic acids is 1. The Morgan fingerprint density at radius 1 is 0.786 bits per heavy atom. The second-order valence-corrected chi connectivity index (χ2v) is 7.14. The third-order valence-corrected chi connectivity index (χ3v) is 5.31. The van der Waals surface area contributed by atoms with Crippen LogP contribution < -0.4 is 10.2 Å². The van der Waals surface area contributed by atoms with Crippen LogP contribution in [0.2, 0.25) is 0 Å². The third-order valence-electron chi connectivity index (χ3n) is 5.31. The molecule has 0 unspecified atom stereocenters. The molecule has 1 saturated heterocycles. The number of amides is 1. The fourth-order valence-electron chi connectivity index (χ4n) is 3.74. The molecule has 0 aliphatic carbocycles. The van der Waals surface area contributed by atoms with Crippen LogP contribution in [0.4, 0.5) is 11.4 Å². The van der Waals surface area contributed by atoms with E-state index in [-0.39, 0.29) is 0 Å². The lowest BCUT2D eigenvalue weighted by Crippen LogP contribution is -2.41. The number of nitrogens with zero attached hydrogens (tertiary/aromatic N) is 1. The van der Waals surface area contributed by atoms with Gasteiger partial charge in [-0.2, -0.15) is 0 Å². The van der Waals surface area contributed by atoms with Crippen molar-refractivity contribution in [3.8, 4) is 0 Å². The van der Waals surface area contributed by atoms with Crippen LogP contribution in [0, 0.1) is 0 Å². The average Bonchev–Trinajstić information content (AvgIpc) is 3.30. The van der Waals surface area contributed by atoms with Crippen molar-refractivity contribution < 1.29 is 9.90 Å². The Morgan fingerprint density at radius 2 is 1.29 bits per heavy atom. The minimum Gasteiger partial charge on any atom is -0.372 e. The largest absolute Gasteiger partial charge is 0.372 e. The van der Waals surface area contributed by atoms with Gasteiger partial charge < -0.3 is 15.3 Å². The zero-order valence-corrected chi connectivity index (χ0v) is 15.7. The van der Waals surface area contributed by atoms with Crippen LogP contribution in [0.15, 0.2) is 84.9 Å². The smallest absolute Gasteiger partial charge is 0.265 e. The van der Waals surface area contributed by atoms with Crippen LogP contribution in [0.1, 0.15) is 24.0 Å². The van der Waals surface area contributed by atoms with E-state index in [0.717, 1.165) is 18.8 Å². The van der Waals surface area contributed by atoms with Crippen LogP contribution in [-0.4, -0.2) is 24.1 Å². The van der Waals surface area contributed by atoms with Crippen molar-refractivity contribution in [1.82, 2.24) is 0 Å². The number of hydrogen-bond donors (Lipinski definition) is 2. The SMILES string of the molecule is O=C(Nc1ccc(N2CCCC2)cc1)C(O)(c1ccccc1)c1ccccc1. The van der Waals surface area contributed by atoms with E-state index in [2.05, 4.69) is 10.2 Å². The lowest BCUT2D eigenvalue weighted by Gasteiger charge is -2.28. The highest BCUT2D eigenvalue weighted by atomic mass is 16.3. The molecule has 142 valence electrons. The van der Waals surface area contributed by atoms with Gasteiger partial charge in [-0.25, -0.2) is 0 Å². The molecule has 1 amide bonds. The van der Waals surface area contributed by atoms with Crippen molar-refractivity contribution in [3.63, 3.8) is 0 Å². The van der Waals surface area contributed by atoms with Crippen LogP contribution in [-0.2, 0) is 10.4 Å². The van der Waals surface area contributed by atoms with Crippen molar-refractivity contribution in [1.29, 1.82) is 0 Å². The van der Waals surface area contributed by atoms with Gasteiger partial charge in [0.25, 0.3) is 5.91 Å². The molecule has 28 heavy (non-hydrogen) atoms. The van der Waals surface area contributed by atoms with Gasteiger partial charge >= 0.3 is 0 Å². The molecule has 1 aliphatic rings. The first kappa shape index (κ1) is 18.3. The molecule has 1 fully saturated rings. The molecule has 4 nitrogen and oxygen atoms in total. The lowest BCUT2D eigenvalue weighted by molar-refractivity contribution is -0.131. The molecule has 0 radical (unpaired) electrons. The summed E-state index contributed by atoms with van der Waals surface area (Å²) in [7, 11) is 0. The highest BCUT2D eigenvalue weighted by Crippen LogP contribution is 2.31.